The fourth-order valence-corrected chi connectivity index (χ4v) is 2.43. The molecule has 0 aliphatic carbocycles. The van der Waals surface area contributed by atoms with Gasteiger partial charge in [-0.05, 0) is 31.2 Å². The lowest BCUT2D eigenvalue weighted by molar-refractivity contribution is -0.384. The molecule has 10 heteroatoms. The molecular formula is C16H13Cl2N3O5. The van der Waals surface area contributed by atoms with Gasteiger partial charge in [0.05, 0.1) is 21.2 Å². The molecule has 0 unspecified atom stereocenters. The standard InChI is InChI=1S/C16H13Cl2N3O5/c1-8(15(22)20-10-2-4-11(5-3-10)21(24)25)26-16(23)12-6-9(17)7-13(18)14(12)19/h2-8H,19H2,1H3,(H,20,22)/t8-/m1/s1. The normalized spacial score (nSPS) is 11.5. The first-order chi connectivity index (χ1) is 12.2. The lowest BCUT2D eigenvalue weighted by Crippen LogP contribution is -2.30. The number of nitrogens with zero attached hydrogens (tertiary/aromatic N) is 1. The number of nitrogen functional groups attached to an aromatic ring is 1. The molecule has 26 heavy (non-hydrogen) atoms. The molecule has 2 aromatic rings. The minimum absolute atomic E-state index is 0.0101. The lowest BCUT2D eigenvalue weighted by atomic mass is 10.2. The van der Waals surface area contributed by atoms with Crippen LogP contribution < -0.4 is 11.1 Å². The van der Waals surface area contributed by atoms with Gasteiger partial charge in [0.2, 0.25) is 0 Å². The molecule has 2 aromatic carbocycles. The van der Waals surface area contributed by atoms with Crippen molar-refractivity contribution in [2.24, 2.45) is 0 Å². The number of nitrogens with two attached hydrogens (primary N) is 1. The fourth-order valence-electron chi connectivity index (χ4n) is 1.94. The van der Waals surface area contributed by atoms with Crippen LogP contribution >= 0.6 is 23.2 Å². The summed E-state index contributed by atoms with van der Waals surface area (Å²) in [5.41, 5.74) is 5.85. The van der Waals surface area contributed by atoms with E-state index in [9.17, 15) is 19.7 Å². The van der Waals surface area contributed by atoms with Gasteiger partial charge in [-0.3, -0.25) is 14.9 Å². The van der Waals surface area contributed by atoms with Crippen LogP contribution in [0.2, 0.25) is 10.0 Å². The van der Waals surface area contributed by atoms with Crippen LogP contribution in [0.25, 0.3) is 0 Å². The molecule has 0 spiro atoms. The monoisotopic (exact) mass is 397 g/mol. The number of nitro groups is 1. The van der Waals surface area contributed by atoms with E-state index in [2.05, 4.69) is 5.32 Å². The maximum absolute atomic E-state index is 12.2. The van der Waals surface area contributed by atoms with Crippen molar-refractivity contribution in [1.29, 1.82) is 0 Å². The van der Waals surface area contributed by atoms with Crippen LogP contribution in [0, 0.1) is 10.1 Å². The summed E-state index contributed by atoms with van der Waals surface area (Å²) in [5, 5.41) is 13.4. The first-order valence-corrected chi connectivity index (χ1v) is 7.95. The Hall–Kier alpha value is -2.84. The molecule has 0 saturated carbocycles. The molecule has 0 aromatic heterocycles. The summed E-state index contributed by atoms with van der Waals surface area (Å²) < 4.78 is 5.07. The van der Waals surface area contributed by atoms with Gasteiger partial charge in [-0.1, -0.05) is 23.2 Å². The van der Waals surface area contributed by atoms with Gasteiger partial charge >= 0.3 is 5.97 Å². The average molecular weight is 398 g/mol. The molecule has 0 aliphatic rings. The van der Waals surface area contributed by atoms with Crippen LogP contribution in [0.4, 0.5) is 17.1 Å². The third-order valence-electron chi connectivity index (χ3n) is 3.31. The molecule has 1 amide bonds. The summed E-state index contributed by atoms with van der Waals surface area (Å²) in [6.45, 7) is 1.36. The number of hydrogen-bond acceptors (Lipinski definition) is 6. The number of hydrogen-bond donors (Lipinski definition) is 2. The Kier molecular flexibility index (Phi) is 6.01. The highest BCUT2D eigenvalue weighted by molar-refractivity contribution is 6.37. The van der Waals surface area contributed by atoms with Crippen molar-refractivity contribution >= 4 is 52.1 Å². The molecule has 8 nitrogen and oxygen atoms in total. The number of nitro benzene ring substituents is 1. The number of rotatable bonds is 5. The number of amides is 1. The van der Waals surface area contributed by atoms with Crippen molar-refractivity contribution in [3.8, 4) is 0 Å². The second kappa shape index (κ2) is 8.03. The van der Waals surface area contributed by atoms with Gasteiger partial charge in [0.15, 0.2) is 6.10 Å². The van der Waals surface area contributed by atoms with Gasteiger partial charge in [0, 0.05) is 22.8 Å². The minimum atomic E-state index is -1.16. The van der Waals surface area contributed by atoms with Crippen LogP contribution in [0.3, 0.4) is 0 Å². The summed E-state index contributed by atoms with van der Waals surface area (Å²) in [4.78, 5) is 34.3. The Morgan fingerprint density at radius 2 is 1.85 bits per heavy atom. The van der Waals surface area contributed by atoms with Crippen molar-refractivity contribution in [3.63, 3.8) is 0 Å². The Morgan fingerprint density at radius 1 is 1.23 bits per heavy atom. The summed E-state index contributed by atoms with van der Waals surface area (Å²) in [7, 11) is 0. The lowest BCUT2D eigenvalue weighted by Gasteiger charge is -2.15. The quantitative estimate of drug-likeness (QED) is 0.343. The number of benzene rings is 2. The summed E-state index contributed by atoms with van der Waals surface area (Å²) in [6.07, 6.45) is -1.16. The molecule has 0 fully saturated rings. The van der Waals surface area contributed by atoms with Crippen LogP contribution in [-0.2, 0) is 9.53 Å². The third kappa shape index (κ3) is 4.62. The summed E-state index contributed by atoms with van der Waals surface area (Å²) in [5.74, 6) is -1.49. The van der Waals surface area contributed by atoms with Crippen LogP contribution in [0.1, 0.15) is 17.3 Å². The Labute approximate surface area is 158 Å². The molecule has 2 rings (SSSR count). The third-order valence-corrected chi connectivity index (χ3v) is 3.84. The number of ether oxygens (including phenoxy) is 1. The van der Waals surface area contributed by atoms with Crippen molar-refractivity contribution in [3.05, 3.63) is 62.1 Å². The highest BCUT2D eigenvalue weighted by Gasteiger charge is 2.22. The van der Waals surface area contributed by atoms with E-state index in [-0.39, 0.29) is 27.0 Å². The second-order valence-electron chi connectivity index (χ2n) is 5.19. The van der Waals surface area contributed by atoms with E-state index in [1.54, 1.807) is 0 Å². The number of anilines is 2. The van der Waals surface area contributed by atoms with Crippen LogP contribution in [-0.4, -0.2) is 22.9 Å². The maximum atomic E-state index is 12.2. The zero-order valence-electron chi connectivity index (χ0n) is 13.4. The number of carbonyl (C=O) groups is 2. The highest BCUT2D eigenvalue weighted by Crippen LogP contribution is 2.28. The molecule has 0 radical (unpaired) electrons. The van der Waals surface area contributed by atoms with Gasteiger partial charge in [-0.2, -0.15) is 0 Å². The highest BCUT2D eigenvalue weighted by atomic mass is 35.5. The van der Waals surface area contributed by atoms with Gasteiger partial charge in [-0.25, -0.2) is 4.79 Å². The molecule has 0 bridgehead atoms. The molecule has 3 N–H and O–H groups in total. The number of non-ortho nitro benzene ring substituents is 1. The molecule has 136 valence electrons. The van der Waals surface area contributed by atoms with E-state index in [1.807, 2.05) is 0 Å². The smallest absolute Gasteiger partial charge is 0.341 e. The van der Waals surface area contributed by atoms with E-state index in [0.29, 0.717) is 5.69 Å². The van der Waals surface area contributed by atoms with E-state index in [1.165, 1.54) is 43.3 Å². The van der Waals surface area contributed by atoms with Crippen molar-refractivity contribution in [2.45, 2.75) is 13.0 Å². The average Bonchev–Trinajstić information content (AvgIpc) is 2.58. The zero-order valence-corrected chi connectivity index (χ0v) is 14.9. The van der Waals surface area contributed by atoms with Gasteiger partial charge in [0.1, 0.15) is 0 Å². The molecular weight excluding hydrogens is 385 g/mol. The minimum Gasteiger partial charge on any atom is -0.449 e. The van der Waals surface area contributed by atoms with Crippen molar-refractivity contribution in [2.75, 3.05) is 11.1 Å². The largest absolute Gasteiger partial charge is 0.449 e. The SMILES string of the molecule is C[C@@H](OC(=O)c1cc(Cl)cc(Cl)c1N)C(=O)Nc1ccc([N+](=O)[O-])cc1. The van der Waals surface area contributed by atoms with Crippen molar-refractivity contribution < 1.29 is 19.2 Å². The Bertz CT molecular complexity index is 871. The van der Waals surface area contributed by atoms with Crippen LogP contribution in [0.15, 0.2) is 36.4 Å². The van der Waals surface area contributed by atoms with E-state index in [0.717, 1.165) is 0 Å². The number of halogens is 2. The first-order valence-electron chi connectivity index (χ1n) is 7.20. The van der Waals surface area contributed by atoms with Crippen molar-refractivity contribution in [1.82, 2.24) is 0 Å². The summed E-state index contributed by atoms with van der Waals surface area (Å²) >= 11 is 11.7. The fraction of sp³-hybridized carbons (Fsp3) is 0.125. The molecule has 0 saturated heterocycles. The second-order valence-corrected chi connectivity index (χ2v) is 6.03. The Balaban J connectivity index is 2.04. The Morgan fingerprint density at radius 3 is 2.42 bits per heavy atom. The zero-order chi connectivity index (χ0) is 19.4. The topological polar surface area (TPSA) is 125 Å². The summed E-state index contributed by atoms with van der Waals surface area (Å²) in [6, 6.07) is 7.85. The van der Waals surface area contributed by atoms with E-state index in [4.69, 9.17) is 33.7 Å². The number of carbonyl (C=O) groups excluding carboxylic acids is 2. The van der Waals surface area contributed by atoms with Gasteiger partial charge in [-0.15, -0.1) is 0 Å². The number of nitrogens with one attached hydrogen (secondary N) is 1. The van der Waals surface area contributed by atoms with Gasteiger partial charge in [0.25, 0.3) is 11.6 Å². The van der Waals surface area contributed by atoms with Gasteiger partial charge < -0.3 is 15.8 Å². The predicted octanol–water partition coefficient (Wildman–Crippen LogP) is 3.67. The maximum Gasteiger partial charge on any atom is 0.341 e. The molecule has 0 heterocycles. The van der Waals surface area contributed by atoms with E-state index >= 15 is 0 Å². The van der Waals surface area contributed by atoms with Crippen LogP contribution in [0.5, 0.6) is 0 Å². The number of esters is 1. The van der Waals surface area contributed by atoms with E-state index < -0.39 is 22.9 Å². The first kappa shape index (κ1) is 19.5. The molecule has 1 atom stereocenters. The predicted molar refractivity (Wildman–Crippen MR) is 97.5 cm³/mol. The molecule has 0 aliphatic heterocycles.